The van der Waals surface area contributed by atoms with E-state index in [0.717, 1.165) is 61.4 Å². The molecule has 12 rings (SSSR count). The predicted molar refractivity (Wildman–Crippen MR) is 258 cm³/mol. The molecule has 0 atom stereocenters. The van der Waals surface area contributed by atoms with Crippen LogP contribution in [0.15, 0.2) is 192 Å². The molecule has 4 heteroatoms. The third-order valence-corrected chi connectivity index (χ3v) is 12.9. The van der Waals surface area contributed by atoms with Crippen LogP contribution in [0.1, 0.15) is 16.7 Å². The average Bonchev–Trinajstić information content (AvgIpc) is 3.67. The lowest BCUT2D eigenvalue weighted by Gasteiger charge is -2.29. The van der Waals surface area contributed by atoms with Gasteiger partial charge in [0.25, 0.3) is 0 Å². The van der Waals surface area contributed by atoms with Crippen LogP contribution in [0.3, 0.4) is 0 Å². The summed E-state index contributed by atoms with van der Waals surface area (Å²) in [6.07, 6.45) is 0. The van der Waals surface area contributed by atoms with E-state index in [0.29, 0.717) is 0 Å². The van der Waals surface area contributed by atoms with Crippen molar-refractivity contribution < 1.29 is 9.15 Å². The Balaban J connectivity index is 1.05. The molecule has 3 nitrogen and oxygen atoms in total. The monoisotopic (exact) mass is 781 g/mol. The van der Waals surface area contributed by atoms with Gasteiger partial charge in [0.1, 0.15) is 17.1 Å². The summed E-state index contributed by atoms with van der Waals surface area (Å²) in [5, 5.41) is 9.43. The molecule has 2 heterocycles. The molecule has 0 N–H and O–H groups in total. The molecule has 0 radical (unpaired) electrons. The molecule has 1 aliphatic rings. The van der Waals surface area contributed by atoms with Crippen LogP contribution in [-0.4, -0.2) is 6.71 Å². The standard InChI is InChI=1S/C57H40BNO2/c1-35-31-36(2)56(37(3)32-35)58(49-21-10-16-39-14-6-7-17-43(39)49)50-30-29-46-45-28-27-42(34-54(45)60-53-24-12-20-48(50)55(46)53)59(41-26-25-38-13-4-5-15-40(38)33-41)51-22-11-19-47-44-18-8-9-23-52(44)61-57(47)51/h4-34H,1-3H3. The predicted octanol–water partition coefficient (Wildman–Crippen LogP) is 13.7. The van der Waals surface area contributed by atoms with Crippen LogP contribution < -0.4 is 26.0 Å². The summed E-state index contributed by atoms with van der Waals surface area (Å²) in [5.41, 5.74) is 14.8. The topological polar surface area (TPSA) is 25.6 Å². The maximum atomic E-state index is 7.05. The Bertz CT molecular complexity index is 3550. The van der Waals surface area contributed by atoms with E-state index in [-0.39, 0.29) is 6.71 Å². The van der Waals surface area contributed by atoms with E-state index < -0.39 is 0 Å². The summed E-state index contributed by atoms with van der Waals surface area (Å²) in [7, 11) is 0. The number of aryl methyl sites for hydroxylation is 3. The summed E-state index contributed by atoms with van der Waals surface area (Å²) in [6, 6.07) is 68.0. The lowest BCUT2D eigenvalue weighted by atomic mass is 9.34. The quantitative estimate of drug-likeness (QED) is 0.157. The molecule has 0 spiro atoms. The molecule has 11 aromatic rings. The van der Waals surface area contributed by atoms with Gasteiger partial charge in [-0.15, -0.1) is 0 Å². The van der Waals surface area contributed by atoms with Gasteiger partial charge in [0.15, 0.2) is 5.58 Å². The van der Waals surface area contributed by atoms with Crippen LogP contribution in [-0.2, 0) is 0 Å². The van der Waals surface area contributed by atoms with Gasteiger partial charge in [0.2, 0.25) is 6.71 Å². The maximum absolute atomic E-state index is 7.05. The van der Waals surface area contributed by atoms with Crippen molar-refractivity contribution in [1.29, 1.82) is 0 Å². The van der Waals surface area contributed by atoms with Gasteiger partial charge in [-0.25, -0.2) is 0 Å². The highest BCUT2D eigenvalue weighted by molar-refractivity contribution is 6.98. The Morgan fingerprint density at radius 1 is 0.443 bits per heavy atom. The number of furan rings is 1. The normalized spacial score (nSPS) is 12.0. The van der Waals surface area contributed by atoms with Crippen LogP contribution in [0.2, 0.25) is 0 Å². The molecule has 0 aliphatic carbocycles. The Labute approximate surface area is 355 Å². The number of hydrogen-bond donors (Lipinski definition) is 0. The second-order valence-electron chi connectivity index (χ2n) is 16.6. The second kappa shape index (κ2) is 13.8. The lowest BCUT2D eigenvalue weighted by Crippen LogP contribution is -2.54. The highest BCUT2D eigenvalue weighted by Gasteiger charge is 2.31. The highest BCUT2D eigenvalue weighted by Crippen LogP contribution is 2.50. The largest absolute Gasteiger partial charge is 0.456 e. The minimum Gasteiger partial charge on any atom is -0.456 e. The molecule has 1 aliphatic heterocycles. The van der Waals surface area contributed by atoms with Crippen molar-refractivity contribution in [1.82, 2.24) is 0 Å². The average molecular weight is 782 g/mol. The third-order valence-electron chi connectivity index (χ3n) is 12.9. The molecular weight excluding hydrogens is 741 g/mol. The molecule has 0 unspecified atom stereocenters. The number of para-hydroxylation sites is 2. The van der Waals surface area contributed by atoms with Gasteiger partial charge in [-0.1, -0.05) is 173 Å². The van der Waals surface area contributed by atoms with Crippen molar-refractivity contribution in [3.8, 4) is 22.6 Å². The number of nitrogens with zero attached hydrogens (tertiary/aromatic N) is 1. The van der Waals surface area contributed by atoms with Gasteiger partial charge in [-0.2, -0.15) is 0 Å². The van der Waals surface area contributed by atoms with Gasteiger partial charge in [-0.05, 0) is 95.7 Å². The van der Waals surface area contributed by atoms with Crippen LogP contribution in [0.5, 0.6) is 11.5 Å². The SMILES string of the molecule is Cc1cc(C)c(B(c2cccc3ccccc23)c2ccc3c4c(cccc24)Oc2cc(N(c4ccc5ccccc5c4)c4cccc5c4oc4ccccc45)ccc2-3)c(C)c1. The summed E-state index contributed by atoms with van der Waals surface area (Å²) in [6.45, 7) is 6.74. The van der Waals surface area contributed by atoms with Crippen LogP contribution >= 0.6 is 0 Å². The summed E-state index contributed by atoms with van der Waals surface area (Å²) in [5.74, 6) is 1.69. The van der Waals surface area contributed by atoms with Gasteiger partial charge < -0.3 is 14.1 Å². The van der Waals surface area contributed by atoms with Crippen molar-refractivity contribution >= 4 is 94.4 Å². The Kier molecular flexibility index (Phi) is 7.98. The zero-order valence-corrected chi connectivity index (χ0v) is 34.2. The van der Waals surface area contributed by atoms with E-state index in [4.69, 9.17) is 9.15 Å². The minimum atomic E-state index is 0.0104. The van der Waals surface area contributed by atoms with E-state index in [1.54, 1.807) is 0 Å². The Hall–Kier alpha value is -7.56. The van der Waals surface area contributed by atoms with Crippen LogP contribution in [0.25, 0.3) is 65.4 Å². The van der Waals surface area contributed by atoms with Crippen LogP contribution in [0.4, 0.5) is 17.1 Å². The minimum absolute atomic E-state index is 0.0104. The number of fused-ring (bicyclic) bond motifs is 7. The molecule has 0 saturated carbocycles. The van der Waals surface area contributed by atoms with Crippen LogP contribution in [0, 0.1) is 20.8 Å². The molecule has 0 fully saturated rings. The summed E-state index contributed by atoms with van der Waals surface area (Å²) >= 11 is 0. The molecular formula is C57H40BNO2. The van der Waals surface area contributed by atoms with Crippen molar-refractivity contribution in [2.45, 2.75) is 20.8 Å². The first-order valence-corrected chi connectivity index (χ1v) is 21.1. The Morgan fingerprint density at radius 3 is 1.95 bits per heavy atom. The molecule has 0 amide bonds. The fraction of sp³-hybridized carbons (Fsp3) is 0.0526. The summed E-state index contributed by atoms with van der Waals surface area (Å²) < 4.78 is 13.7. The van der Waals surface area contributed by atoms with Crippen molar-refractivity contribution in [2.75, 3.05) is 4.90 Å². The Morgan fingerprint density at radius 2 is 1.08 bits per heavy atom. The smallest absolute Gasteiger partial charge is 0.243 e. The van der Waals surface area contributed by atoms with Gasteiger partial charge in [-0.3, -0.25) is 0 Å². The molecule has 1 aromatic heterocycles. The number of hydrogen-bond acceptors (Lipinski definition) is 3. The van der Waals surface area contributed by atoms with Crippen molar-refractivity contribution in [3.05, 3.63) is 205 Å². The number of anilines is 3. The first-order chi connectivity index (χ1) is 30.0. The maximum Gasteiger partial charge on any atom is 0.243 e. The third kappa shape index (κ3) is 5.59. The lowest BCUT2D eigenvalue weighted by molar-refractivity contribution is 0.487. The van der Waals surface area contributed by atoms with Crippen molar-refractivity contribution in [2.24, 2.45) is 0 Å². The second-order valence-corrected chi connectivity index (χ2v) is 16.6. The van der Waals surface area contributed by atoms with E-state index >= 15 is 0 Å². The summed E-state index contributed by atoms with van der Waals surface area (Å²) in [4.78, 5) is 2.31. The van der Waals surface area contributed by atoms with Gasteiger partial charge >= 0.3 is 0 Å². The van der Waals surface area contributed by atoms with E-state index in [1.165, 1.54) is 65.6 Å². The fourth-order valence-electron chi connectivity index (χ4n) is 10.3. The number of ether oxygens (including phenoxy) is 1. The van der Waals surface area contributed by atoms with Gasteiger partial charge in [0.05, 0.1) is 11.4 Å². The first kappa shape index (κ1) is 35.4. The molecule has 61 heavy (non-hydrogen) atoms. The number of benzene rings is 10. The molecule has 0 bridgehead atoms. The van der Waals surface area contributed by atoms with Gasteiger partial charge in [0, 0.05) is 33.5 Å². The van der Waals surface area contributed by atoms with E-state index in [1.807, 2.05) is 12.1 Å². The zero-order valence-electron chi connectivity index (χ0n) is 34.2. The fourth-order valence-corrected chi connectivity index (χ4v) is 10.3. The van der Waals surface area contributed by atoms with E-state index in [9.17, 15) is 0 Å². The number of rotatable bonds is 6. The van der Waals surface area contributed by atoms with Crippen molar-refractivity contribution in [3.63, 3.8) is 0 Å². The zero-order chi connectivity index (χ0) is 40.8. The highest BCUT2D eigenvalue weighted by atomic mass is 16.5. The first-order valence-electron chi connectivity index (χ1n) is 21.1. The molecule has 288 valence electrons. The molecule has 0 saturated heterocycles. The van der Waals surface area contributed by atoms with E-state index in [2.05, 4.69) is 202 Å². The molecule has 10 aromatic carbocycles.